The van der Waals surface area contributed by atoms with E-state index in [2.05, 4.69) is 5.48 Å². The van der Waals surface area contributed by atoms with Crippen LogP contribution in [0.4, 0.5) is 0 Å². The maximum absolute atomic E-state index is 12.7. The van der Waals surface area contributed by atoms with E-state index >= 15 is 0 Å². The molecule has 0 radical (unpaired) electrons. The highest BCUT2D eigenvalue weighted by Crippen LogP contribution is 2.28. The zero-order valence-electron chi connectivity index (χ0n) is 13.8. The number of rotatable bonds is 4. The standard InChI is InChI=1S/C17H28N2O4/c20-16(18-23-15-10-4-5-12-22-15)14-9-6-11-19(14)17(21)13-7-2-1-3-8-13/h13-15H,1-12H2,(H,18,20)/t14-,15-/m0/s1. The zero-order chi connectivity index (χ0) is 16.1. The molecular weight excluding hydrogens is 296 g/mol. The van der Waals surface area contributed by atoms with Crippen molar-refractivity contribution in [3.05, 3.63) is 0 Å². The van der Waals surface area contributed by atoms with Crippen molar-refractivity contribution in [1.82, 2.24) is 10.4 Å². The van der Waals surface area contributed by atoms with E-state index in [4.69, 9.17) is 9.57 Å². The van der Waals surface area contributed by atoms with Crippen LogP contribution < -0.4 is 5.48 Å². The number of nitrogens with one attached hydrogen (secondary N) is 1. The van der Waals surface area contributed by atoms with E-state index in [1.54, 1.807) is 4.90 Å². The number of hydroxylamine groups is 1. The summed E-state index contributed by atoms with van der Waals surface area (Å²) in [7, 11) is 0. The van der Waals surface area contributed by atoms with Gasteiger partial charge < -0.3 is 9.64 Å². The van der Waals surface area contributed by atoms with Crippen LogP contribution in [-0.4, -0.2) is 42.2 Å². The van der Waals surface area contributed by atoms with Gasteiger partial charge in [-0.05, 0) is 38.5 Å². The minimum absolute atomic E-state index is 0.111. The van der Waals surface area contributed by atoms with Crippen molar-refractivity contribution in [2.24, 2.45) is 5.92 Å². The first-order valence-electron chi connectivity index (χ1n) is 9.13. The molecule has 0 bridgehead atoms. The summed E-state index contributed by atoms with van der Waals surface area (Å²) in [6.45, 7) is 1.36. The molecule has 1 aliphatic carbocycles. The number of amides is 2. The normalized spacial score (nSPS) is 29.5. The lowest BCUT2D eigenvalue weighted by atomic mass is 9.88. The minimum Gasteiger partial charge on any atom is -0.350 e. The zero-order valence-corrected chi connectivity index (χ0v) is 13.8. The molecule has 23 heavy (non-hydrogen) atoms. The summed E-state index contributed by atoms with van der Waals surface area (Å²) in [5.41, 5.74) is 2.52. The Morgan fingerprint density at radius 3 is 2.48 bits per heavy atom. The van der Waals surface area contributed by atoms with Gasteiger partial charge >= 0.3 is 0 Å². The molecule has 6 nitrogen and oxygen atoms in total. The molecular formula is C17H28N2O4. The molecule has 2 atom stereocenters. The Labute approximate surface area is 137 Å². The van der Waals surface area contributed by atoms with Crippen molar-refractivity contribution in [3.8, 4) is 0 Å². The van der Waals surface area contributed by atoms with Crippen LogP contribution in [0.1, 0.15) is 64.2 Å². The van der Waals surface area contributed by atoms with Crippen molar-refractivity contribution in [2.75, 3.05) is 13.2 Å². The molecule has 1 N–H and O–H groups in total. The van der Waals surface area contributed by atoms with Gasteiger partial charge in [0.25, 0.3) is 5.91 Å². The van der Waals surface area contributed by atoms with Gasteiger partial charge in [-0.1, -0.05) is 19.3 Å². The topological polar surface area (TPSA) is 67.9 Å². The third kappa shape index (κ3) is 4.23. The lowest BCUT2D eigenvalue weighted by Gasteiger charge is -2.30. The maximum atomic E-state index is 12.7. The number of nitrogens with zero attached hydrogens (tertiary/aromatic N) is 1. The number of likely N-dealkylation sites (tertiary alicyclic amines) is 1. The third-order valence-corrected chi connectivity index (χ3v) is 5.22. The van der Waals surface area contributed by atoms with Crippen molar-refractivity contribution in [1.29, 1.82) is 0 Å². The van der Waals surface area contributed by atoms with E-state index in [0.29, 0.717) is 13.2 Å². The predicted octanol–water partition coefficient (Wildman–Crippen LogP) is 2.13. The van der Waals surface area contributed by atoms with Crippen LogP contribution in [0, 0.1) is 5.92 Å². The average Bonchev–Trinajstić information content (AvgIpc) is 3.10. The van der Waals surface area contributed by atoms with Gasteiger partial charge in [-0.25, -0.2) is 10.3 Å². The predicted molar refractivity (Wildman–Crippen MR) is 84.1 cm³/mol. The van der Waals surface area contributed by atoms with Gasteiger partial charge in [-0.15, -0.1) is 0 Å². The monoisotopic (exact) mass is 324 g/mol. The van der Waals surface area contributed by atoms with Crippen LogP contribution in [0.3, 0.4) is 0 Å². The molecule has 0 aromatic heterocycles. The molecule has 2 saturated heterocycles. The smallest absolute Gasteiger partial charge is 0.266 e. The van der Waals surface area contributed by atoms with Gasteiger partial charge in [0.2, 0.25) is 5.91 Å². The summed E-state index contributed by atoms with van der Waals surface area (Å²) in [5.74, 6) is 0.0665. The Balaban J connectivity index is 1.50. The molecule has 0 unspecified atom stereocenters. The summed E-state index contributed by atoms with van der Waals surface area (Å²) >= 11 is 0. The lowest BCUT2D eigenvalue weighted by Crippen LogP contribution is -2.49. The fourth-order valence-electron chi connectivity index (χ4n) is 3.88. The van der Waals surface area contributed by atoms with Gasteiger partial charge in [-0.3, -0.25) is 9.59 Å². The average molecular weight is 324 g/mol. The van der Waals surface area contributed by atoms with E-state index in [9.17, 15) is 9.59 Å². The van der Waals surface area contributed by atoms with E-state index in [-0.39, 0.29) is 30.1 Å². The second kappa shape index (κ2) is 8.11. The summed E-state index contributed by atoms with van der Waals surface area (Å²) in [5, 5.41) is 0. The highest BCUT2D eigenvalue weighted by molar-refractivity contribution is 5.88. The fraction of sp³-hybridized carbons (Fsp3) is 0.882. The Bertz CT molecular complexity index is 417. The maximum Gasteiger partial charge on any atom is 0.266 e. The Morgan fingerprint density at radius 2 is 1.74 bits per heavy atom. The first kappa shape index (κ1) is 16.7. The molecule has 1 saturated carbocycles. The summed E-state index contributed by atoms with van der Waals surface area (Å²) < 4.78 is 5.44. The quantitative estimate of drug-likeness (QED) is 0.805. The summed E-state index contributed by atoms with van der Waals surface area (Å²) in [6, 6.07) is -0.381. The highest BCUT2D eigenvalue weighted by Gasteiger charge is 2.37. The SMILES string of the molecule is O=C(NO[C@H]1CCCCO1)[C@@H]1CCCN1C(=O)C1CCCCC1. The van der Waals surface area contributed by atoms with Gasteiger partial charge in [0.1, 0.15) is 6.04 Å². The largest absolute Gasteiger partial charge is 0.350 e. The molecule has 0 spiro atoms. The van der Waals surface area contributed by atoms with Crippen LogP contribution in [0.5, 0.6) is 0 Å². The van der Waals surface area contributed by atoms with E-state index in [1.165, 1.54) is 6.42 Å². The lowest BCUT2D eigenvalue weighted by molar-refractivity contribution is -0.202. The number of hydrogen-bond acceptors (Lipinski definition) is 4. The first-order valence-corrected chi connectivity index (χ1v) is 9.13. The van der Waals surface area contributed by atoms with Crippen LogP contribution in [0.2, 0.25) is 0 Å². The van der Waals surface area contributed by atoms with Gasteiger partial charge in [-0.2, -0.15) is 0 Å². The van der Waals surface area contributed by atoms with Crippen molar-refractivity contribution >= 4 is 11.8 Å². The molecule has 130 valence electrons. The van der Waals surface area contributed by atoms with Crippen molar-refractivity contribution in [3.63, 3.8) is 0 Å². The molecule has 2 aliphatic heterocycles. The first-order chi connectivity index (χ1) is 11.3. The van der Waals surface area contributed by atoms with Gasteiger partial charge in [0.05, 0.1) is 0 Å². The number of ether oxygens (including phenoxy) is 1. The van der Waals surface area contributed by atoms with Crippen LogP contribution in [0.25, 0.3) is 0 Å². The second-order valence-electron chi connectivity index (χ2n) is 6.90. The highest BCUT2D eigenvalue weighted by atomic mass is 16.8. The molecule has 2 amide bonds. The van der Waals surface area contributed by atoms with Crippen molar-refractivity contribution in [2.45, 2.75) is 76.5 Å². The van der Waals surface area contributed by atoms with Gasteiger partial charge in [0.15, 0.2) is 6.29 Å². The Morgan fingerprint density at radius 1 is 0.957 bits per heavy atom. The molecule has 3 aliphatic rings. The van der Waals surface area contributed by atoms with Crippen LogP contribution in [0.15, 0.2) is 0 Å². The fourth-order valence-corrected chi connectivity index (χ4v) is 3.88. The minimum atomic E-state index is -0.381. The number of carbonyl (C=O) groups excluding carboxylic acids is 2. The summed E-state index contributed by atoms with van der Waals surface area (Å²) in [4.78, 5) is 32.2. The summed E-state index contributed by atoms with van der Waals surface area (Å²) in [6.07, 6.45) is 9.57. The van der Waals surface area contributed by atoms with E-state index < -0.39 is 0 Å². The third-order valence-electron chi connectivity index (χ3n) is 5.22. The van der Waals surface area contributed by atoms with Crippen LogP contribution in [-0.2, 0) is 19.2 Å². The van der Waals surface area contributed by atoms with Crippen molar-refractivity contribution < 1.29 is 19.2 Å². The Hall–Kier alpha value is -1.14. The number of hydrogen-bond donors (Lipinski definition) is 1. The van der Waals surface area contributed by atoms with Gasteiger partial charge in [0, 0.05) is 25.5 Å². The molecule has 3 rings (SSSR count). The van der Waals surface area contributed by atoms with E-state index in [0.717, 1.165) is 57.8 Å². The van der Waals surface area contributed by atoms with Crippen LogP contribution >= 0.6 is 0 Å². The Kier molecular flexibility index (Phi) is 5.89. The molecule has 2 heterocycles. The molecule has 3 fully saturated rings. The van der Waals surface area contributed by atoms with E-state index in [1.807, 2.05) is 0 Å². The second-order valence-corrected chi connectivity index (χ2v) is 6.90. The molecule has 0 aromatic carbocycles. The number of carbonyl (C=O) groups is 2. The molecule has 6 heteroatoms. The molecule has 0 aromatic rings.